The summed E-state index contributed by atoms with van der Waals surface area (Å²) in [6, 6.07) is 1.45. The molecule has 0 aliphatic rings. The van der Waals surface area contributed by atoms with Crippen molar-refractivity contribution in [2.75, 3.05) is 5.73 Å². The zero-order valence-corrected chi connectivity index (χ0v) is 6.64. The van der Waals surface area contributed by atoms with Crippen LogP contribution in [0.4, 0.5) is 21.5 Å². The van der Waals surface area contributed by atoms with Gasteiger partial charge in [-0.05, 0) is 0 Å². The summed E-state index contributed by atoms with van der Waals surface area (Å²) in [6.45, 7) is 0. The van der Waals surface area contributed by atoms with Gasteiger partial charge in [-0.1, -0.05) is 0 Å². The molecule has 1 aromatic rings. The molecule has 74 valence electrons. The first-order chi connectivity index (χ1) is 6.43. The summed E-state index contributed by atoms with van der Waals surface area (Å²) < 4.78 is 13.0. The van der Waals surface area contributed by atoms with E-state index in [-0.39, 0.29) is 5.69 Å². The van der Waals surface area contributed by atoms with Crippen LogP contribution in [0.2, 0.25) is 0 Å². The van der Waals surface area contributed by atoms with Crippen LogP contribution in [0.1, 0.15) is 0 Å². The van der Waals surface area contributed by atoms with E-state index in [1.165, 1.54) is 0 Å². The summed E-state index contributed by atoms with van der Waals surface area (Å²) in [5.74, 6) is -1.49. The highest BCUT2D eigenvalue weighted by Crippen LogP contribution is 2.29. The minimum atomic E-state index is -1.49. The van der Waals surface area contributed by atoms with E-state index in [0.29, 0.717) is 0 Å². The molecule has 0 spiro atoms. The molecule has 0 aromatic heterocycles. The molecule has 8 heteroatoms. The molecule has 0 aliphatic heterocycles. The Balaban J connectivity index is 3.47. The Morgan fingerprint density at radius 1 is 1.14 bits per heavy atom. The van der Waals surface area contributed by atoms with Gasteiger partial charge in [-0.2, -0.15) is 4.39 Å². The zero-order chi connectivity index (χ0) is 10.9. The summed E-state index contributed by atoms with van der Waals surface area (Å²) in [5, 5.41) is 20.5. The molecule has 2 N–H and O–H groups in total. The lowest BCUT2D eigenvalue weighted by molar-refractivity contribution is -0.399. The predicted molar refractivity (Wildman–Crippen MR) is 44.1 cm³/mol. The van der Waals surface area contributed by atoms with Crippen LogP contribution in [0.5, 0.6) is 0 Å². The minimum Gasteiger partial charge on any atom is -0.398 e. The van der Waals surface area contributed by atoms with Crippen molar-refractivity contribution in [1.29, 1.82) is 0 Å². The largest absolute Gasteiger partial charge is 0.398 e. The van der Waals surface area contributed by atoms with Crippen LogP contribution in [-0.4, -0.2) is 9.85 Å². The van der Waals surface area contributed by atoms with E-state index in [2.05, 4.69) is 0 Å². The molecule has 0 atom stereocenters. The molecule has 14 heavy (non-hydrogen) atoms. The van der Waals surface area contributed by atoms with Crippen LogP contribution < -0.4 is 5.73 Å². The number of benzene rings is 1. The molecule has 7 nitrogen and oxygen atoms in total. The monoisotopic (exact) mass is 201 g/mol. The third-order valence-corrected chi connectivity index (χ3v) is 1.45. The molecular weight excluding hydrogens is 197 g/mol. The highest BCUT2D eigenvalue weighted by atomic mass is 19.1. The molecule has 1 rings (SSSR count). The lowest BCUT2D eigenvalue weighted by Gasteiger charge is -1.97. The van der Waals surface area contributed by atoms with E-state index in [0.717, 1.165) is 12.1 Å². The Hall–Kier alpha value is -2.25. The number of rotatable bonds is 2. The number of nitrogens with two attached hydrogens (primary N) is 1. The minimum absolute atomic E-state index is 0.232. The Morgan fingerprint density at radius 2 is 1.50 bits per heavy atom. The van der Waals surface area contributed by atoms with Crippen molar-refractivity contribution in [3.63, 3.8) is 0 Å². The van der Waals surface area contributed by atoms with Crippen molar-refractivity contribution < 1.29 is 14.2 Å². The van der Waals surface area contributed by atoms with Gasteiger partial charge in [0.1, 0.15) is 0 Å². The van der Waals surface area contributed by atoms with E-state index < -0.39 is 27.0 Å². The smallest absolute Gasteiger partial charge is 0.314 e. The van der Waals surface area contributed by atoms with Gasteiger partial charge in [-0.15, -0.1) is 0 Å². The number of nitrogens with zero attached hydrogens (tertiary/aromatic N) is 2. The van der Waals surface area contributed by atoms with Gasteiger partial charge < -0.3 is 5.73 Å². The van der Waals surface area contributed by atoms with Crippen LogP contribution in [-0.2, 0) is 0 Å². The highest BCUT2D eigenvalue weighted by molar-refractivity contribution is 5.57. The van der Waals surface area contributed by atoms with Crippen molar-refractivity contribution in [3.8, 4) is 0 Å². The van der Waals surface area contributed by atoms with Crippen LogP contribution in [0.15, 0.2) is 12.1 Å². The van der Waals surface area contributed by atoms with Gasteiger partial charge in [0.05, 0.1) is 9.85 Å². The summed E-state index contributed by atoms with van der Waals surface area (Å²) in [5.41, 5.74) is 2.89. The van der Waals surface area contributed by atoms with E-state index in [1.54, 1.807) is 0 Å². The Morgan fingerprint density at radius 3 is 1.79 bits per heavy atom. The topological polar surface area (TPSA) is 112 Å². The fourth-order valence-corrected chi connectivity index (χ4v) is 0.881. The van der Waals surface area contributed by atoms with Crippen LogP contribution in [0.25, 0.3) is 0 Å². The van der Waals surface area contributed by atoms with E-state index >= 15 is 0 Å². The van der Waals surface area contributed by atoms with Crippen molar-refractivity contribution in [1.82, 2.24) is 0 Å². The molecule has 0 unspecified atom stereocenters. The molecule has 0 heterocycles. The molecule has 0 bridgehead atoms. The number of nitro benzene ring substituents is 2. The van der Waals surface area contributed by atoms with Crippen molar-refractivity contribution in [2.45, 2.75) is 0 Å². The van der Waals surface area contributed by atoms with Crippen LogP contribution in [0.3, 0.4) is 0 Å². The SMILES string of the molecule is Nc1cc([N+](=O)[O-])c(F)c([N+](=O)[O-])c1. The van der Waals surface area contributed by atoms with Gasteiger partial charge in [0, 0.05) is 17.8 Å². The van der Waals surface area contributed by atoms with E-state index in [1.807, 2.05) is 0 Å². The second kappa shape index (κ2) is 3.24. The van der Waals surface area contributed by atoms with Gasteiger partial charge in [-0.3, -0.25) is 20.2 Å². The zero-order valence-electron chi connectivity index (χ0n) is 6.64. The van der Waals surface area contributed by atoms with Gasteiger partial charge in [0.25, 0.3) is 5.82 Å². The van der Waals surface area contributed by atoms with Gasteiger partial charge in [0.2, 0.25) is 0 Å². The molecule has 0 aliphatic carbocycles. The van der Waals surface area contributed by atoms with Crippen molar-refractivity contribution >= 4 is 17.1 Å². The molecule has 0 saturated carbocycles. The number of nitro groups is 2. The van der Waals surface area contributed by atoms with Gasteiger partial charge in [-0.25, -0.2) is 0 Å². The Kier molecular flexibility index (Phi) is 2.28. The lowest BCUT2D eigenvalue weighted by atomic mass is 10.2. The first-order valence-electron chi connectivity index (χ1n) is 3.31. The summed E-state index contributed by atoms with van der Waals surface area (Å²) in [7, 11) is 0. The number of halogens is 1. The quantitative estimate of drug-likeness (QED) is 0.439. The molecule has 0 radical (unpaired) electrons. The molecule has 0 amide bonds. The lowest BCUT2D eigenvalue weighted by Crippen LogP contribution is -2.00. The maximum Gasteiger partial charge on any atom is 0.314 e. The number of hydrogen-bond acceptors (Lipinski definition) is 5. The standard InChI is InChI=1S/C6H4FN3O4/c7-6-4(9(11)12)1-3(8)2-5(6)10(13)14/h1-2H,8H2. The predicted octanol–water partition coefficient (Wildman–Crippen LogP) is 1.22. The van der Waals surface area contributed by atoms with E-state index in [4.69, 9.17) is 5.73 Å². The number of anilines is 1. The fraction of sp³-hybridized carbons (Fsp3) is 0. The summed E-state index contributed by atoms with van der Waals surface area (Å²) >= 11 is 0. The average molecular weight is 201 g/mol. The second-order valence-electron chi connectivity index (χ2n) is 2.39. The second-order valence-corrected chi connectivity index (χ2v) is 2.39. The van der Waals surface area contributed by atoms with Crippen molar-refractivity contribution in [2.24, 2.45) is 0 Å². The normalized spacial score (nSPS) is 9.79. The third kappa shape index (κ3) is 1.58. The first kappa shape index (κ1) is 9.84. The molecular formula is C6H4FN3O4. The maximum atomic E-state index is 13.0. The summed E-state index contributed by atoms with van der Waals surface area (Å²) in [4.78, 5) is 18.3. The van der Waals surface area contributed by atoms with Crippen molar-refractivity contribution in [3.05, 3.63) is 38.2 Å². The third-order valence-electron chi connectivity index (χ3n) is 1.45. The number of nitrogen functional groups attached to an aromatic ring is 1. The first-order valence-corrected chi connectivity index (χ1v) is 3.31. The molecule has 0 fully saturated rings. The average Bonchev–Trinajstić information content (AvgIpc) is 2.07. The molecule has 1 aromatic carbocycles. The fourth-order valence-electron chi connectivity index (χ4n) is 0.881. The Labute approximate surface area is 76.2 Å². The van der Waals surface area contributed by atoms with Crippen LogP contribution >= 0.6 is 0 Å². The maximum absolute atomic E-state index is 13.0. The summed E-state index contributed by atoms with van der Waals surface area (Å²) in [6.07, 6.45) is 0. The van der Waals surface area contributed by atoms with Crippen LogP contribution in [0, 0.1) is 26.0 Å². The molecule has 0 saturated heterocycles. The Bertz CT molecular complexity index is 385. The number of hydrogen-bond donors (Lipinski definition) is 1. The highest BCUT2D eigenvalue weighted by Gasteiger charge is 2.26. The van der Waals surface area contributed by atoms with E-state index in [9.17, 15) is 24.6 Å². The van der Waals surface area contributed by atoms with Gasteiger partial charge in [0.15, 0.2) is 0 Å². The van der Waals surface area contributed by atoms with Gasteiger partial charge >= 0.3 is 11.4 Å².